The van der Waals surface area contributed by atoms with E-state index in [-0.39, 0.29) is 42.1 Å². The van der Waals surface area contributed by atoms with Crippen LogP contribution in [0.2, 0.25) is 0 Å². The summed E-state index contributed by atoms with van der Waals surface area (Å²) < 4.78 is 18.8. The van der Waals surface area contributed by atoms with Crippen molar-refractivity contribution in [2.75, 3.05) is 13.2 Å². The van der Waals surface area contributed by atoms with Gasteiger partial charge in [-0.05, 0) is 61.4 Å². The highest BCUT2D eigenvalue weighted by Crippen LogP contribution is 2.29. The summed E-state index contributed by atoms with van der Waals surface area (Å²) in [5, 5.41) is 18.3. The summed E-state index contributed by atoms with van der Waals surface area (Å²) in [6.45, 7) is 1.37. The van der Waals surface area contributed by atoms with Crippen LogP contribution in [0, 0.1) is 17.1 Å². The minimum atomic E-state index is -0.665. The number of hydrogen-bond donors (Lipinski definition) is 1. The molecule has 0 saturated heterocycles. The average Bonchev–Trinajstić information content (AvgIpc) is 3.15. The van der Waals surface area contributed by atoms with E-state index in [2.05, 4.69) is 0 Å². The molecule has 1 aromatic carbocycles. The Balaban J connectivity index is 1.99. The predicted octanol–water partition coefficient (Wildman–Crippen LogP) is 3.06. The summed E-state index contributed by atoms with van der Waals surface area (Å²) >= 11 is 0. The van der Waals surface area contributed by atoms with Gasteiger partial charge in [-0.3, -0.25) is 14.5 Å². The van der Waals surface area contributed by atoms with E-state index in [1.165, 1.54) is 25.1 Å². The fraction of sp³-hybridized carbons (Fsp3) is 0.190. The van der Waals surface area contributed by atoms with Gasteiger partial charge in [0.1, 0.15) is 29.0 Å². The Labute approximate surface area is 160 Å². The van der Waals surface area contributed by atoms with Crippen LogP contribution in [-0.2, 0) is 9.59 Å². The Morgan fingerprint density at radius 2 is 1.89 bits per heavy atom. The molecule has 1 aliphatic heterocycles. The predicted molar refractivity (Wildman–Crippen MR) is 98.8 cm³/mol. The maximum Gasteiger partial charge on any atom is 0.271 e. The average molecular weight is 380 g/mol. The van der Waals surface area contributed by atoms with Crippen LogP contribution in [-0.4, -0.2) is 35.0 Å². The summed E-state index contributed by atoms with van der Waals surface area (Å²) in [7, 11) is 0. The molecule has 0 aliphatic carbocycles. The number of halogens is 1. The lowest BCUT2D eigenvalue weighted by Gasteiger charge is -2.27. The van der Waals surface area contributed by atoms with E-state index in [4.69, 9.17) is 9.52 Å². The smallest absolute Gasteiger partial charge is 0.271 e. The second-order valence-electron chi connectivity index (χ2n) is 6.22. The number of nitrogens with zero attached hydrogens (tertiary/aromatic N) is 2. The molecule has 7 heteroatoms. The van der Waals surface area contributed by atoms with Gasteiger partial charge in [0.15, 0.2) is 0 Å². The van der Waals surface area contributed by atoms with Crippen molar-refractivity contribution in [1.82, 2.24) is 4.90 Å². The third-order valence-corrected chi connectivity index (χ3v) is 4.41. The van der Waals surface area contributed by atoms with Crippen LogP contribution in [0.25, 0.3) is 17.4 Å². The first-order chi connectivity index (χ1) is 13.5. The molecule has 2 aromatic rings. The van der Waals surface area contributed by atoms with E-state index in [1.54, 1.807) is 24.3 Å². The third kappa shape index (κ3) is 3.63. The molecule has 1 N–H and O–H groups in total. The molecule has 6 nitrogen and oxygen atoms in total. The minimum Gasteiger partial charge on any atom is -0.457 e. The molecule has 142 valence electrons. The number of rotatable bonds is 5. The summed E-state index contributed by atoms with van der Waals surface area (Å²) in [6, 6.07) is 11.0. The Kier molecular flexibility index (Phi) is 5.52. The van der Waals surface area contributed by atoms with Crippen LogP contribution in [0.3, 0.4) is 0 Å². The molecular weight excluding hydrogens is 363 g/mol. The zero-order valence-corrected chi connectivity index (χ0v) is 15.1. The molecule has 0 saturated carbocycles. The molecule has 1 aliphatic rings. The molecule has 0 spiro atoms. The van der Waals surface area contributed by atoms with Crippen LogP contribution >= 0.6 is 0 Å². The highest BCUT2D eigenvalue weighted by Gasteiger charge is 2.35. The van der Waals surface area contributed by atoms with E-state index >= 15 is 0 Å². The molecule has 3 rings (SSSR count). The molecule has 0 bridgehead atoms. The minimum absolute atomic E-state index is 0.0168. The van der Waals surface area contributed by atoms with Crippen LogP contribution in [0.5, 0.6) is 0 Å². The van der Waals surface area contributed by atoms with Crippen LogP contribution < -0.4 is 0 Å². The van der Waals surface area contributed by atoms with Gasteiger partial charge in [-0.15, -0.1) is 0 Å². The van der Waals surface area contributed by atoms with E-state index < -0.39 is 11.8 Å². The normalized spacial score (nSPS) is 16.1. The van der Waals surface area contributed by atoms with E-state index in [0.29, 0.717) is 17.1 Å². The van der Waals surface area contributed by atoms with Gasteiger partial charge in [-0.2, -0.15) is 5.26 Å². The van der Waals surface area contributed by atoms with Crippen molar-refractivity contribution in [3.05, 3.63) is 64.7 Å². The molecule has 2 heterocycles. The van der Waals surface area contributed by atoms with Crippen LogP contribution in [0.1, 0.15) is 19.1 Å². The maximum absolute atomic E-state index is 13.1. The fourth-order valence-electron chi connectivity index (χ4n) is 2.90. The molecule has 0 unspecified atom stereocenters. The topological polar surface area (TPSA) is 94.5 Å². The van der Waals surface area contributed by atoms with E-state index in [1.807, 2.05) is 6.07 Å². The summed E-state index contributed by atoms with van der Waals surface area (Å²) in [5.74, 6) is -0.721. The summed E-state index contributed by atoms with van der Waals surface area (Å²) in [6.07, 6.45) is 1.69. The van der Waals surface area contributed by atoms with Crippen molar-refractivity contribution < 1.29 is 23.5 Å². The van der Waals surface area contributed by atoms with Gasteiger partial charge in [0.05, 0.1) is 0 Å². The van der Waals surface area contributed by atoms with Crippen molar-refractivity contribution >= 4 is 17.9 Å². The van der Waals surface area contributed by atoms with Crippen molar-refractivity contribution in [2.24, 2.45) is 0 Å². The number of furan rings is 1. The largest absolute Gasteiger partial charge is 0.457 e. The third-order valence-electron chi connectivity index (χ3n) is 4.41. The van der Waals surface area contributed by atoms with Gasteiger partial charge in [-0.25, -0.2) is 4.39 Å². The molecule has 2 amide bonds. The number of imide groups is 1. The number of aliphatic hydroxyl groups excluding tert-OH is 1. The zero-order chi connectivity index (χ0) is 20.3. The standard InChI is InChI=1S/C21H17FN2O4/c1-13-17(20(26)24(9-2-10-25)21(27)18(13)12-23)11-16-7-8-19(28-16)14-3-5-15(22)6-4-14/h3-8,11,25H,2,9-10H2,1H3/b17-11-. The summed E-state index contributed by atoms with van der Waals surface area (Å²) in [4.78, 5) is 26.1. The number of amides is 2. The Morgan fingerprint density at radius 1 is 1.18 bits per heavy atom. The SMILES string of the molecule is CC1=C(C#N)C(=O)N(CCCO)C(=O)/C1=C\c1ccc(-c2ccc(F)cc2)o1. The van der Waals surface area contributed by atoms with E-state index in [0.717, 1.165) is 4.90 Å². The Hall–Kier alpha value is -3.50. The van der Waals surface area contributed by atoms with E-state index in [9.17, 15) is 19.2 Å². The molecule has 0 fully saturated rings. The number of carbonyl (C=O) groups is 2. The molecule has 28 heavy (non-hydrogen) atoms. The van der Waals surface area contributed by atoms with Gasteiger partial charge in [0.25, 0.3) is 11.8 Å². The van der Waals surface area contributed by atoms with Crippen molar-refractivity contribution in [2.45, 2.75) is 13.3 Å². The lowest BCUT2D eigenvalue weighted by molar-refractivity contribution is -0.140. The van der Waals surface area contributed by atoms with Gasteiger partial charge in [-0.1, -0.05) is 0 Å². The van der Waals surface area contributed by atoms with Gasteiger partial charge < -0.3 is 9.52 Å². The maximum atomic E-state index is 13.1. The fourth-order valence-corrected chi connectivity index (χ4v) is 2.90. The number of carbonyl (C=O) groups excluding carboxylic acids is 2. The highest BCUT2D eigenvalue weighted by molar-refractivity contribution is 6.19. The van der Waals surface area contributed by atoms with Crippen LogP contribution in [0.15, 0.2) is 57.5 Å². The summed E-state index contributed by atoms with van der Waals surface area (Å²) in [5.41, 5.74) is 1.01. The first-order valence-corrected chi connectivity index (χ1v) is 8.62. The molecular formula is C21H17FN2O4. The second kappa shape index (κ2) is 8.03. The molecule has 0 atom stereocenters. The number of nitriles is 1. The lowest BCUT2D eigenvalue weighted by atomic mass is 9.94. The monoisotopic (exact) mass is 380 g/mol. The first kappa shape index (κ1) is 19.3. The number of aliphatic hydroxyl groups is 1. The Bertz CT molecular complexity index is 1030. The van der Waals surface area contributed by atoms with Gasteiger partial charge in [0.2, 0.25) is 0 Å². The number of benzene rings is 1. The highest BCUT2D eigenvalue weighted by atomic mass is 19.1. The zero-order valence-electron chi connectivity index (χ0n) is 15.1. The number of hydrogen-bond acceptors (Lipinski definition) is 5. The molecule has 0 radical (unpaired) electrons. The van der Waals surface area contributed by atoms with Crippen molar-refractivity contribution in [3.8, 4) is 17.4 Å². The Morgan fingerprint density at radius 3 is 2.54 bits per heavy atom. The first-order valence-electron chi connectivity index (χ1n) is 8.62. The van der Waals surface area contributed by atoms with Crippen molar-refractivity contribution in [3.63, 3.8) is 0 Å². The van der Waals surface area contributed by atoms with Gasteiger partial charge >= 0.3 is 0 Å². The molecule has 1 aromatic heterocycles. The van der Waals surface area contributed by atoms with Crippen molar-refractivity contribution in [1.29, 1.82) is 5.26 Å². The quantitative estimate of drug-likeness (QED) is 0.635. The second-order valence-corrected chi connectivity index (χ2v) is 6.22. The van der Waals surface area contributed by atoms with Gasteiger partial charge in [0, 0.05) is 24.3 Å². The lowest BCUT2D eigenvalue weighted by Crippen LogP contribution is -2.43. The van der Waals surface area contributed by atoms with Crippen LogP contribution in [0.4, 0.5) is 4.39 Å².